The normalized spacial score (nSPS) is 12.4. The Balaban J connectivity index is 2.17. The lowest BCUT2D eigenvalue weighted by molar-refractivity contribution is 0.484. The fourth-order valence-corrected chi connectivity index (χ4v) is 2.36. The average Bonchev–Trinajstić information content (AvgIpc) is 2.44. The van der Waals surface area contributed by atoms with Crippen molar-refractivity contribution >= 4 is 11.6 Å². The molecule has 0 spiro atoms. The Kier molecular flexibility index (Phi) is 5.22. The van der Waals surface area contributed by atoms with E-state index in [2.05, 4.69) is 5.43 Å². The Morgan fingerprint density at radius 2 is 1.71 bits per heavy atom. The first kappa shape index (κ1) is 15.8. The largest absolute Gasteiger partial charge is 0.271 e. The van der Waals surface area contributed by atoms with E-state index in [1.54, 1.807) is 0 Å². The standard InChI is InChI=1S/C15H14ClF3N2/c16-13-7-10(17)5-4-9(13)6-11(21-20)8-12-14(18)2-1-3-15(12)19/h1-5,7,11,21H,6,8,20H2. The fourth-order valence-electron chi connectivity index (χ4n) is 2.12. The third-order valence-corrected chi connectivity index (χ3v) is 3.58. The van der Waals surface area contributed by atoms with E-state index in [1.165, 1.54) is 36.4 Å². The second-order valence-electron chi connectivity index (χ2n) is 4.71. The highest BCUT2D eigenvalue weighted by Crippen LogP contribution is 2.21. The zero-order chi connectivity index (χ0) is 15.4. The maximum Gasteiger partial charge on any atom is 0.129 e. The SMILES string of the molecule is NNC(Cc1ccc(F)cc1Cl)Cc1c(F)cccc1F. The molecule has 2 rings (SSSR count). The van der Waals surface area contributed by atoms with Crippen molar-refractivity contribution < 1.29 is 13.2 Å². The Labute approximate surface area is 125 Å². The Bertz CT molecular complexity index is 614. The molecule has 1 atom stereocenters. The van der Waals surface area contributed by atoms with Crippen molar-refractivity contribution in [2.75, 3.05) is 0 Å². The van der Waals surface area contributed by atoms with Gasteiger partial charge in [0.1, 0.15) is 17.5 Å². The molecule has 0 aliphatic rings. The van der Waals surface area contributed by atoms with E-state index in [9.17, 15) is 13.2 Å². The molecule has 0 fully saturated rings. The van der Waals surface area contributed by atoms with E-state index in [1.807, 2.05) is 0 Å². The highest BCUT2D eigenvalue weighted by molar-refractivity contribution is 6.31. The number of hydrazine groups is 1. The van der Waals surface area contributed by atoms with Crippen LogP contribution in [0.4, 0.5) is 13.2 Å². The minimum absolute atomic E-state index is 0.0429. The third kappa shape index (κ3) is 3.97. The molecule has 0 radical (unpaired) electrons. The minimum Gasteiger partial charge on any atom is -0.271 e. The molecule has 3 N–H and O–H groups in total. The van der Waals surface area contributed by atoms with Crippen LogP contribution in [0.25, 0.3) is 0 Å². The van der Waals surface area contributed by atoms with Gasteiger partial charge in [0.25, 0.3) is 0 Å². The van der Waals surface area contributed by atoms with Crippen molar-refractivity contribution in [1.29, 1.82) is 0 Å². The second-order valence-corrected chi connectivity index (χ2v) is 5.11. The molecule has 0 bridgehead atoms. The van der Waals surface area contributed by atoms with E-state index in [0.717, 1.165) is 0 Å². The first-order valence-corrected chi connectivity index (χ1v) is 6.72. The van der Waals surface area contributed by atoms with Gasteiger partial charge in [-0.1, -0.05) is 23.7 Å². The van der Waals surface area contributed by atoms with Crippen molar-refractivity contribution in [3.05, 3.63) is 70.0 Å². The summed E-state index contributed by atoms with van der Waals surface area (Å²) in [5.41, 5.74) is 3.12. The smallest absolute Gasteiger partial charge is 0.129 e. The summed E-state index contributed by atoms with van der Waals surface area (Å²) in [6.07, 6.45) is 0.381. The van der Waals surface area contributed by atoms with E-state index in [-0.39, 0.29) is 17.0 Å². The van der Waals surface area contributed by atoms with Crippen LogP contribution < -0.4 is 11.3 Å². The summed E-state index contributed by atoms with van der Waals surface area (Å²) >= 11 is 5.94. The monoisotopic (exact) mass is 314 g/mol. The van der Waals surface area contributed by atoms with Crippen LogP contribution in [0.1, 0.15) is 11.1 Å². The summed E-state index contributed by atoms with van der Waals surface area (Å²) in [6, 6.07) is 7.25. The summed E-state index contributed by atoms with van der Waals surface area (Å²) in [5.74, 6) is 3.74. The van der Waals surface area contributed by atoms with Gasteiger partial charge in [0.2, 0.25) is 0 Å². The maximum atomic E-state index is 13.6. The van der Waals surface area contributed by atoms with E-state index >= 15 is 0 Å². The zero-order valence-corrected chi connectivity index (χ0v) is 11.8. The van der Waals surface area contributed by atoms with Crippen LogP contribution in [0, 0.1) is 17.5 Å². The number of hydrogen-bond donors (Lipinski definition) is 2. The summed E-state index contributed by atoms with van der Waals surface area (Å²) in [4.78, 5) is 0. The van der Waals surface area contributed by atoms with Crippen molar-refractivity contribution in [2.24, 2.45) is 5.84 Å². The highest BCUT2D eigenvalue weighted by atomic mass is 35.5. The molecule has 1 unspecified atom stereocenters. The molecule has 21 heavy (non-hydrogen) atoms. The second kappa shape index (κ2) is 6.93. The first-order chi connectivity index (χ1) is 10.0. The molecule has 2 nitrogen and oxygen atoms in total. The fraction of sp³-hybridized carbons (Fsp3) is 0.200. The van der Waals surface area contributed by atoms with Gasteiger partial charge in [-0.05, 0) is 42.7 Å². The van der Waals surface area contributed by atoms with Gasteiger partial charge in [0.15, 0.2) is 0 Å². The summed E-state index contributed by atoms with van der Waals surface area (Å²) < 4.78 is 40.3. The lowest BCUT2D eigenvalue weighted by atomic mass is 9.98. The topological polar surface area (TPSA) is 38.0 Å². The van der Waals surface area contributed by atoms with Crippen LogP contribution in [-0.4, -0.2) is 6.04 Å². The van der Waals surface area contributed by atoms with Gasteiger partial charge in [-0.15, -0.1) is 0 Å². The van der Waals surface area contributed by atoms with Crippen molar-refractivity contribution in [3.63, 3.8) is 0 Å². The Hall–Kier alpha value is -1.56. The lowest BCUT2D eigenvalue weighted by Crippen LogP contribution is -2.39. The van der Waals surface area contributed by atoms with Crippen molar-refractivity contribution in [3.8, 4) is 0 Å². The highest BCUT2D eigenvalue weighted by Gasteiger charge is 2.16. The van der Waals surface area contributed by atoms with Crippen LogP contribution >= 0.6 is 11.6 Å². The molecular formula is C15H14ClF3N2. The van der Waals surface area contributed by atoms with Gasteiger partial charge in [0, 0.05) is 16.6 Å². The Morgan fingerprint density at radius 3 is 2.29 bits per heavy atom. The van der Waals surface area contributed by atoms with Crippen LogP contribution in [0.3, 0.4) is 0 Å². The number of hydrogen-bond acceptors (Lipinski definition) is 2. The van der Waals surface area contributed by atoms with E-state index in [4.69, 9.17) is 17.4 Å². The molecule has 0 amide bonds. The van der Waals surface area contributed by atoms with Gasteiger partial charge in [-0.25, -0.2) is 13.2 Å². The molecule has 0 aliphatic carbocycles. The third-order valence-electron chi connectivity index (χ3n) is 3.23. The molecular weight excluding hydrogens is 301 g/mol. The average molecular weight is 315 g/mol. The van der Waals surface area contributed by atoms with Gasteiger partial charge in [-0.2, -0.15) is 0 Å². The molecule has 0 saturated carbocycles. The molecule has 2 aromatic carbocycles. The van der Waals surface area contributed by atoms with Crippen molar-refractivity contribution in [1.82, 2.24) is 5.43 Å². The van der Waals surface area contributed by atoms with Crippen LogP contribution in [0.5, 0.6) is 0 Å². The summed E-state index contributed by atoms with van der Waals surface area (Å²) in [5, 5.41) is 0.254. The molecule has 0 saturated heterocycles. The molecule has 0 heterocycles. The molecule has 0 aliphatic heterocycles. The Morgan fingerprint density at radius 1 is 1.05 bits per heavy atom. The van der Waals surface area contributed by atoms with E-state index < -0.39 is 23.5 Å². The predicted octanol–water partition coefficient (Wildman–Crippen LogP) is 3.37. The summed E-state index contributed by atoms with van der Waals surface area (Å²) in [6.45, 7) is 0. The number of nitrogens with one attached hydrogen (secondary N) is 1. The zero-order valence-electron chi connectivity index (χ0n) is 11.0. The number of rotatable bonds is 5. The number of benzene rings is 2. The first-order valence-electron chi connectivity index (χ1n) is 6.34. The summed E-state index contributed by atoms with van der Waals surface area (Å²) in [7, 11) is 0. The minimum atomic E-state index is -0.625. The maximum absolute atomic E-state index is 13.6. The van der Waals surface area contributed by atoms with Crippen molar-refractivity contribution in [2.45, 2.75) is 18.9 Å². The molecule has 2 aromatic rings. The van der Waals surface area contributed by atoms with Crippen LogP contribution in [-0.2, 0) is 12.8 Å². The van der Waals surface area contributed by atoms with Gasteiger partial charge < -0.3 is 0 Å². The van der Waals surface area contributed by atoms with Gasteiger partial charge in [-0.3, -0.25) is 11.3 Å². The van der Waals surface area contributed by atoms with Gasteiger partial charge in [0.05, 0.1) is 0 Å². The molecule has 112 valence electrons. The molecule has 0 aromatic heterocycles. The quantitative estimate of drug-likeness (QED) is 0.656. The number of halogens is 4. The van der Waals surface area contributed by atoms with Crippen LogP contribution in [0.2, 0.25) is 5.02 Å². The van der Waals surface area contributed by atoms with Gasteiger partial charge >= 0.3 is 0 Å². The molecule has 6 heteroatoms. The predicted molar refractivity (Wildman–Crippen MR) is 76.3 cm³/mol. The van der Waals surface area contributed by atoms with E-state index in [0.29, 0.717) is 12.0 Å². The lowest BCUT2D eigenvalue weighted by Gasteiger charge is -2.17. The number of nitrogens with two attached hydrogens (primary N) is 1. The van der Waals surface area contributed by atoms with Crippen LogP contribution in [0.15, 0.2) is 36.4 Å².